The average molecular weight is 697 g/mol. The maximum Gasteiger partial charge on any atom is 0.247 e. The Bertz CT molecular complexity index is 1850. The van der Waals surface area contributed by atoms with Crippen LogP contribution in [0.5, 0.6) is 0 Å². The van der Waals surface area contributed by atoms with Crippen molar-refractivity contribution in [2.75, 3.05) is 23.7 Å². The molecule has 8 nitrogen and oxygen atoms in total. The number of amides is 4. The fourth-order valence-corrected chi connectivity index (χ4v) is 7.97. The molecular formula is C42H40N4O4S. The van der Waals surface area contributed by atoms with E-state index in [2.05, 4.69) is 22.8 Å². The molecule has 5 aromatic rings. The summed E-state index contributed by atoms with van der Waals surface area (Å²) in [5.41, 5.74) is 5.36. The Hall–Kier alpha value is -5.54. The van der Waals surface area contributed by atoms with Crippen molar-refractivity contribution in [2.45, 2.75) is 50.6 Å². The van der Waals surface area contributed by atoms with Gasteiger partial charge in [0.1, 0.15) is 12.1 Å². The lowest BCUT2D eigenvalue weighted by Gasteiger charge is -2.24. The second-order valence-corrected chi connectivity index (χ2v) is 14.2. The van der Waals surface area contributed by atoms with Crippen LogP contribution in [-0.2, 0) is 32.0 Å². The smallest absolute Gasteiger partial charge is 0.247 e. The molecule has 2 saturated heterocycles. The third-order valence-electron chi connectivity index (χ3n) is 9.63. The molecule has 0 spiro atoms. The lowest BCUT2D eigenvalue weighted by Crippen LogP contribution is -2.43. The number of nitrogens with zero attached hydrogens (tertiary/aromatic N) is 2. The molecule has 4 amide bonds. The number of carbonyl (C=O) groups excluding carboxylic acids is 4. The van der Waals surface area contributed by atoms with Crippen molar-refractivity contribution in [1.29, 1.82) is 0 Å². The van der Waals surface area contributed by atoms with Crippen LogP contribution in [0.2, 0.25) is 0 Å². The predicted octanol–water partition coefficient (Wildman–Crippen LogP) is 7.43. The molecule has 2 atom stereocenters. The van der Waals surface area contributed by atoms with Crippen molar-refractivity contribution in [2.24, 2.45) is 0 Å². The summed E-state index contributed by atoms with van der Waals surface area (Å²) < 4.78 is 0. The van der Waals surface area contributed by atoms with Gasteiger partial charge in [0.15, 0.2) is 0 Å². The highest BCUT2D eigenvalue weighted by atomic mass is 32.1. The molecule has 7 rings (SSSR count). The van der Waals surface area contributed by atoms with Crippen LogP contribution in [0.1, 0.15) is 36.8 Å². The first-order valence-electron chi connectivity index (χ1n) is 17.5. The first kappa shape index (κ1) is 33.9. The zero-order valence-electron chi connectivity index (χ0n) is 28.3. The van der Waals surface area contributed by atoms with E-state index in [0.717, 1.165) is 44.8 Å². The molecule has 0 unspecified atom stereocenters. The number of hydrogen-bond acceptors (Lipinski definition) is 5. The molecule has 0 radical (unpaired) electrons. The molecule has 2 aliphatic heterocycles. The van der Waals surface area contributed by atoms with Gasteiger partial charge in [-0.25, -0.2) is 0 Å². The van der Waals surface area contributed by atoms with E-state index in [1.54, 1.807) is 21.1 Å². The molecule has 4 aromatic carbocycles. The molecule has 0 aliphatic carbocycles. The highest BCUT2D eigenvalue weighted by Crippen LogP contribution is 2.35. The average Bonchev–Trinajstić information content (AvgIpc) is 3.95. The number of rotatable bonds is 10. The largest absolute Gasteiger partial charge is 0.330 e. The van der Waals surface area contributed by atoms with E-state index in [9.17, 15) is 19.2 Å². The van der Waals surface area contributed by atoms with Gasteiger partial charge >= 0.3 is 0 Å². The van der Waals surface area contributed by atoms with E-state index in [-0.39, 0.29) is 23.6 Å². The summed E-state index contributed by atoms with van der Waals surface area (Å²) >= 11 is 1.66. The zero-order valence-corrected chi connectivity index (χ0v) is 29.1. The van der Waals surface area contributed by atoms with E-state index >= 15 is 0 Å². The lowest BCUT2D eigenvalue weighted by molar-refractivity contribution is -0.136. The van der Waals surface area contributed by atoms with Crippen LogP contribution in [0.3, 0.4) is 0 Å². The van der Waals surface area contributed by atoms with Crippen LogP contribution < -0.4 is 10.6 Å². The van der Waals surface area contributed by atoms with Crippen LogP contribution in [0.25, 0.3) is 20.9 Å². The number of anilines is 2. The van der Waals surface area contributed by atoms with Gasteiger partial charge in [0.2, 0.25) is 23.6 Å². The normalized spacial score (nSPS) is 16.9. The molecule has 9 heteroatoms. The Morgan fingerprint density at radius 3 is 1.31 bits per heavy atom. The summed E-state index contributed by atoms with van der Waals surface area (Å²) in [4.78, 5) is 58.0. The standard InChI is InChI=1S/C42H40N4O4S/c47-39(27-29-9-3-1-4-10-29)45-25-7-13-35(45)41(49)43-33-19-15-31(16-20-33)37-23-24-38(51-37)32-17-21-34(22-18-32)44-42(50)36-14-8-26-46(36)40(48)28-30-11-5-2-6-12-30/h1-6,9-12,15-24,35-36H,7-8,13-14,25-28H2,(H,43,49)(H,44,50)/t35-,36-/m0/s1. The molecule has 1 aromatic heterocycles. The van der Waals surface area contributed by atoms with Gasteiger partial charge in [0.05, 0.1) is 12.8 Å². The van der Waals surface area contributed by atoms with Gasteiger partial charge in [-0.3, -0.25) is 19.2 Å². The summed E-state index contributed by atoms with van der Waals surface area (Å²) in [6.07, 6.45) is 3.53. The van der Waals surface area contributed by atoms with Gasteiger partial charge < -0.3 is 20.4 Å². The molecular weight excluding hydrogens is 657 g/mol. The van der Waals surface area contributed by atoms with Crippen LogP contribution in [0.15, 0.2) is 121 Å². The maximum atomic E-state index is 13.2. The summed E-state index contributed by atoms with van der Waals surface area (Å²) in [7, 11) is 0. The maximum absolute atomic E-state index is 13.2. The van der Waals surface area contributed by atoms with Crippen LogP contribution in [0, 0.1) is 0 Å². The van der Waals surface area contributed by atoms with Crippen LogP contribution in [-0.4, -0.2) is 58.6 Å². The van der Waals surface area contributed by atoms with Gasteiger partial charge in [-0.2, -0.15) is 0 Å². The van der Waals surface area contributed by atoms with Crippen molar-refractivity contribution in [3.63, 3.8) is 0 Å². The molecule has 2 fully saturated rings. The van der Waals surface area contributed by atoms with Gasteiger partial charge in [-0.15, -0.1) is 11.3 Å². The minimum Gasteiger partial charge on any atom is -0.330 e. The second-order valence-electron chi connectivity index (χ2n) is 13.1. The van der Waals surface area contributed by atoms with Crippen LogP contribution in [0.4, 0.5) is 11.4 Å². The minimum atomic E-state index is -0.466. The summed E-state index contributed by atoms with van der Waals surface area (Å²) in [6, 6.07) is 38.1. The predicted molar refractivity (Wildman–Crippen MR) is 202 cm³/mol. The number of likely N-dealkylation sites (tertiary alicyclic amines) is 2. The van der Waals surface area contributed by atoms with Crippen molar-refractivity contribution >= 4 is 46.3 Å². The zero-order chi connectivity index (χ0) is 35.2. The Morgan fingerprint density at radius 1 is 0.529 bits per heavy atom. The quantitative estimate of drug-likeness (QED) is 0.159. The minimum absolute atomic E-state index is 0.0228. The third kappa shape index (κ3) is 8.10. The SMILES string of the molecule is O=C(Nc1ccc(-c2ccc(-c3ccc(NC(=O)[C@@H]4CCCN4C(=O)Cc4ccccc4)cc3)s2)cc1)[C@@H]1CCCN1C(=O)Cc1ccccc1. The van der Waals surface area contributed by atoms with E-state index in [0.29, 0.717) is 50.1 Å². The van der Waals surface area contributed by atoms with Crippen molar-refractivity contribution in [3.8, 4) is 20.9 Å². The Labute approximate surface area is 302 Å². The molecule has 258 valence electrons. The molecule has 0 bridgehead atoms. The van der Waals surface area contributed by atoms with Crippen molar-refractivity contribution in [1.82, 2.24) is 9.80 Å². The first-order chi connectivity index (χ1) is 24.9. The number of thiophene rings is 1. The van der Waals surface area contributed by atoms with E-state index in [4.69, 9.17) is 0 Å². The Kier molecular flexibility index (Phi) is 10.4. The molecule has 2 aliphatic rings. The molecule has 3 heterocycles. The van der Waals surface area contributed by atoms with Gasteiger partial charge in [-0.1, -0.05) is 84.9 Å². The highest BCUT2D eigenvalue weighted by molar-refractivity contribution is 7.18. The van der Waals surface area contributed by atoms with E-state index in [1.807, 2.05) is 109 Å². The molecule has 2 N–H and O–H groups in total. The summed E-state index contributed by atoms with van der Waals surface area (Å²) in [6.45, 7) is 1.19. The number of benzene rings is 4. The number of carbonyl (C=O) groups is 4. The van der Waals surface area contributed by atoms with Gasteiger partial charge in [0, 0.05) is 34.2 Å². The summed E-state index contributed by atoms with van der Waals surface area (Å²) in [5, 5.41) is 6.04. The highest BCUT2D eigenvalue weighted by Gasteiger charge is 2.35. The van der Waals surface area contributed by atoms with Gasteiger partial charge in [0.25, 0.3) is 0 Å². The van der Waals surface area contributed by atoms with Crippen molar-refractivity contribution < 1.29 is 19.2 Å². The van der Waals surface area contributed by atoms with Crippen LogP contribution >= 0.6 is 11.3 Å². The first-order valence-corrected chi connectivity index (χ1v) is 18.3. The molecule has 51 heavy (non-hydrogen) atoms. The van der Waals surface area contributed by atoms with Gasteiger partial charge in [-0.05, 0) is 84.3 Å². The lowest BCUT2D eigenvalue weighted by atomic mass is 10.1. The van der Waals surface area contributed by atoms with Crippen molar-refractivity contribution in [3.05, 3.63) is 132 Å². The number of hydrogen-bond donors (Lipinski definition) is 2. The summed E-state index contributed by atoms with van der Waals surface area (Å²) in [5.74, 6) is -0.357. The Morgan fingerprint density at radius 2 is 0.922 bits per heavy atom. The Balaban J connectivity index is 0.927. The monoisotopic (exact) mass is 696 g/mol. The van der Waals surface area contributed by atoms with E-state index in [1.165, 1.54) is 0 Å². The fourth-order valence-electron chi connectivity index (χ4n) is 6.95. The fraction of sp³-hybridized carbons (Fsp3) is 0.238. The second kappa shape index (κ2) is 15.6. The van der Waals surface area contributed by atoms with E-state index < -0.39 is 12.1 Å². The molecule has 0 saturated carbocycles. The number of nitrogens with one attached hydrogen (secondary N) is 2. The third-order valence-corrected chi connectivity index (χ3v) is 10.8. The topological polar surface area (TPSA) is 98.8 Å².